The van der Waals surface area contributed by atoms with Crippen LogP contribution in [0.4, 0.5) is 5.69 Å². The van der Waals surface area contributed by atoms with Crippen molar-refractivity contribution in [3.63, 3.8) is 0 Å². The first kappa shape index (κ1) is 14.0. The lowest BCUT2D eigenvalue weighted by Gasteiger charge is -2.14. The Labute approximate surface area is 119 Å². The minimum Gasteiger partial charge on any atom is -0.488 e. The van der Waals surface area contributed by atoms with E-state index in [4.69, 9.17) is 15.7 Å². The summed E-state index contributed by atoms with van der Waals surface area (Å²) in [7, 11) is 0. The topological polar surface area (TPSA) is 59.0 Å². The number of anilines is 1. The van der Waals surface area contributed by atoms with Crippen LogP contribution in [0, 0.1) is 32.1 Å². The standard InChI is InChI=1S/C17H18N2O/c1-11-4-7-16(19)13(3)17(11)20-10-15-6-5-14(9-18)8-12(15)2/h4-8H,10,19H2,1-3H3. The van der Waals surface area contributed by atoms with Crippen molar-refractivity contribution >= 4 is 5.69 Å². The molecule has 20 heavy (non-hydrogen) atoms. The molecule has 0 aliphatic rings. The lowest BCUT2D eigenvalue weighted by atomic mass is 10.1. The van der Waals surface area contributed by atoms with Crippen LogP contribution in [0.3, 0.4) is 0 Å². The van der Waals surface area contributed by atoms with E-state index in [1.165, 1.54) is 0 Å². The summed E-state index contributed by atoms with van der Waals surface area (Å²) in [5.41, 5.74) is 11.5. The van der Waals surface area contributed by atoms with Crippen LogP contribution in [0.15, 0.2) is 30.3 Å². The molecule has 0 radical (unpaired) electrons. The number of benzene rings is 2. The van der Waals surface area contributed by atoms with Gasteiger partial charge in [-0.1, -0.05) is 12.1 Å². The van der Waals surface area contributed by atoms with E-state index in [1.54, 1.807) is 0 Å². The molecule has 0 spiro atoms. The summed E-state index contributed by atoms with van der Waals surface area (Å²) in [6, 6.07) is 11.6. The third kappa shape index (κ3) is 2.75. The van der Waals surface area contributed by atoms with E-state index < -0.39 is 0 Å². The highest BCUT2D eigenvalue weighted by Crippen LogP contribution is 2.28. The minimum absolute atomic E-state index is 0.475. The number of nitrogen functional groups attached to an aromatic ring is 1. The second-order valence-corrected chi connectivity index (χ2v) is 4.97. The SMILES string of the molecule is Cc1cc(C#N)ccc1COc1c(C)ccc(N)c1C. The number of aryl methyl sites for hydroxylation is 2. The van der Waals surface area contributed by atoms with E-state index in [9.17, 15) is 0 Å². The first-order valence-corrected chi connectivity index (χ1v) is 6.51. The Bertz CT molecular complexity index is 684. The van der Waals surface area contributed by atoms with E-state index >= 15 is 0 Å². The molecule has 0 unspecified atom stereocenters. The van der Waals surface area contributed by atoms with Gasteiger partial charge in [0, 0.05) is 11.3 Å². The molecule has 2 rings (SSSR count). The van der Waals surface area contributed by atoms with Gasteiger partial charge in [0.25, 0.3) is 0 Å². The molecule has 2 aromatic rings. The molecule has 0 aromatic heterocycles. The number of nitrogens with two attached hydrogens (primary N) is 1. The summed E-state index contributed by atoms with van der Waals surface area (Å²) in [4.78, 5) is 0. The summed E-state index contributed by atoms with van der Waals surface area (Å²) in [5.74, 6) is 0.841. The van der Waals surface area contributed by atoms with Crippen LogP contribution >= 0.6 is 0 Å². The van der Waals surface area contributed by atoms with E-state index in [2.05, 4.69) is 6.07 Å². The predicted molar refractivity (Wildman–Crippen MR) is 80.6 cm³/mol. The van der Waals surface area contributed by atoms with Gasteiger partial charge >= 0.3 is 0 Å². The molecule has 3 heteroatoms. The molecule has 0 heterocycles. The lowest BCUT2D eigenvalue weighted by molar-refractivity contribution is 0.301. The molecule has 0 aliphatic heterocycles. The Morgan fingerprint density at radius 3 is 2.50 bits per heavy atom. The second-order valence-electron chi connectivity index (χ2n) is 4.97. The Morgan fingerprint density at radius 2 is 1.85 bits per heavy atom. The highest BCUT2D eigenvalue weighted by molar-refractivity contribution is 5.56. The number of nitrogens with zero attached hydrogens (tertiary/aromatic N) is 1. The highest BCUT2D eigenvalue weighted by atomic mass is 16.5. The first-order valence-electron chi connectivity index (χ1n) is 6.51. The third-order valence-corrected chi connectivity index (χ3v) is 3.49. The normalized spacial score (nSPS) is 10.1. The Hall–Kier alpha value is -2.47. The molecule has 0 amide bonds. The average Bonchev–Trinajstić information content (AvgIpc) is 2.44. The van der Waals surface area contributed by atoms with Gasteiger partial charge in [-0.25, -0.2) is 0 Å². The van der Waals surface area contributed by atoms with Gasteiger partial charge in [0.15, 0.2) is 0 Å². The maximum atomic E-state index is 8.87. The molecule has 102 valence electrons. The van der Waals surface area contributed by atoms with Crippen LogP contribution < -0.4 is 10.5 Å². The molecular formula is C17H18N2O. The Morgan fingerprint density at radius 1 is 1.10 bits per heavy atom. The molecular weight excluding hydrogens is 248 g/mol. The number of hydrogen-bond donors (Lipinski definition) is 1. The van der Waals surface area contributed by atoms with Crippen LogP contribution in [-0.4, -0.2) is 0 Å². The van der Waals surface area contributed by atoms with Crippen LogP contribution in [-0.2, 0) is 6.61 Å². The van der Waals surface area contributed by atoms with Gasteiger partial charge in [0.2, 0.25) is 0 Å². The zero-order chi connectivity index (χ0) is 14.7. The van der Waals surface area contributed by atoms with Crippen molar-refractivity contribution in [3.8, 4) is 11.8 Å². The fourth-order valence-corrected chi connectivity index (χ4v) is 2.14. The summed E-state index contributed by atoms with van der Waals surface area (Å²) >= 11 is 0. The zero-order valence-electron chi connectivity index (χ0n) is 12.0. The maximum absolute atomic E-state index is 8.87. The van der Waals surface area contributed by atoms with Gasteiger partial charge in [-0.2, -0.15) is 5.26 Å². The first-order chi connectivity index (χ1) is 9.52. The number of hydrogen-bond acceptors (Lipinski definition) is 3. The summed E-state index contributed by atoms with van der Waals surface area (Å²) in [6.07, 6.45) is 0. The second kappa shape index (κ2) is 5.66. The fraction of sp³-hybridized carbons (Fsp3) is 0.235. The monoisotopic (exact) mass is 266 g/mol. The molecule has 0 saturated heterocycles. The van der Waals surface area contributed by atoms with E-state index in [1.807, 2.05) is 51.1 Å². The molecule has 2 aromatic carbocycles. The van der Waals surface area contributed by atoms with Crippen molar-refractivity contribution in [1.29, 1.82) is 5.26 Å². The molecule has 0 fully saturated rings. The van der Waals surface area contributed by atoms with E-state index in [0.29, 0.717) is 12.2 Å². The van der Waals surface area contributed by atoms with Crippen molar-refractivity contribution in [2.24, 2.45) is 0 Å². The van der Waals surface area contributed by atoms with Crippen molar-refractivity contribution in [1.82, 2.24) is 0 Å². The molecule has 0 bridgehead atoms. The largest absolute Gasteiger partial charge is 0.488 e. The van der Waals surface area contributed by atoms with Crippen LogP contribution in [0.1, 0.15) is 27.8 Å². The van der Waals surface area contributed by atoms with Crippen LogP contribution in [0.2, 0.25) is 0 Å². The highest BCUT2D eigenvalue weighted by Gasteiger charge is 2.08. The summed E-state index contributed by atoms with van der Waals surface area (Å²) in [5, 5.41) is 8.87. The number of rotatable bonds is 3. The van der Waals surface area contributed by atoms with Gasteiger partial charge in [-0.3, -0.25) is 0 Å². The van der Waals surface area contributed by atoms with Crippen LogP contribution in [0.5, 0.6) is 5.75 Å². The van der Waals surface area contributed by atoms with Gasteiger partial charge < -0.3 is 10.5 Å². The van der Waals surface area contributed by atoms with Crippen molar-refractivity contribution in [2.45, 2.75) is 27.4 Å². The molecule has 2 N–H and O–H groups in total. The summed E-state index contributed by atoms with van der Waals surface area (Å²) < 4.78 is 5.93. The molecule has 0 saturated carbocycles. The number of ether oxygens (including phenoxy) is 1. The summed E-state index contributed by atoms with van der Waals surface area (Å²) in [6.45, 7) is 6.43. The lowest BCUT2D eigenvalue weighted by Crippen LogP contribution is -2.02. The smallest absolute Gasteiger partial charge is 0.127 e. The number of nitriles is 1. The molecule has 0 atom stereocenters. The molecule has 0 aliphatic carbocycles. The fourth-order valence-electron chi connectivity index (χ4n) is 2.14. The quantitative estimate of drug-likeness (QED) is 0.863. The van der Waals surface area contributed by atoms with Gasteiger partial charge in [-0.05, 0) is 55.7 Å². The average molecular weight is 266 g/mol. The van der Waals surface area contributed by atoms with Crippen LogP contribution in [0.25, 0.3) is 0 Å². The minimum atomic E-state index is 0.475. The van der Waals surface area contributed by atoms with Gasteiger partial charge in [-0.15, -0.1) is 0 Å². The Balaban J connectivity index is 2.22. The van der Waals surface area contributed by atoms with E-state index in [0.717, 1.165) is 33.7 Å². The van der Waals surface area contributed by atoms with E-state index in [-0.39, 0.29) is 0 Å². The van der Waals surface area contributed by atoms with Crippen molar-refractivity contribution < 1.29 is 4.74 Å². The van der Waals surface area contributed by atoms with Gasteiger partial charge in [0.1, 0.15) is 12.4 Å². The maximum Gasteiger partial charge on any atom is 0.127 e. The Kier molecular flexibility index (Phi) is 3.95. The molecule has 3 nitrogen and oxygen atoms in total. The predicted octanol–water partition coefficient (Wildman–Crippen LogP) is 3.64. The van der Waals surface area contributed by atoms with Crippen molar-refractivity contribution in [3.05, 3.63) is 58.1 Å². The zero-order valence-corrected chi connectivity index (χ0v) is 12.0. The third-order valence-electron chi connectivity index (χ3n) is 3.49. The van der Waals surface area contributed by atoms with Gasteiger partial charge in [0.05, 0.1) is 11.6 Å². The van der Waals surface area contributed by atoms with Crippen molar-refractivity contribution in [2.75, 3.05) is 5.73 Å².